The quantitative estimate of drug-likeness (QED) is 0.818. The van der Waals surface area contributed by atoms with Crippen molar-refractivity contribution < 1.29 is 18.4 Å². The Morgan fingerprint density at radius 1 is 1.25 bits per heavy atom. The first kappa shape index (κ1) is 19.7. The fraction of sp³-hybridized carbons (Fsp3) is 0.368. The number of hydrogen-bond donors (Lipinski definition) is 2. The van der Waals surface area contributed by atoms with E-state index in [4.69, 9.17) is 0 Å². The first-order valence-corrected chi connectivity index (χ1v) is 8.97. The Bertz CT molecular complexity index is 968. The van der Waals surface area contributed by atoms with Crippen molar-refractivity contribution in [2.45, 2.75) is 45.2 Å². The van der Waals surface area contributed by atoms with Crippen LogP contribution in [0.3, 0.4) is 0 Å². The van der Waals surface area contributed by atoms with Crippen molar-refractivity contribution >= 4 is 17.5 Å². The normalized spacial score (nSPS) is 14.1. The van der Waals surface area contributed by atoms with Crippen LogP contribution in [0.1, 0.15) is 41.9 Å². The molecule has 2 N–H and O–H groups in total. The highest BCUT2D eigenvalue weighted by atomic mass is 19.1. The average molecular weight is 390 g/mol. The predicted octanol–water partition coefficient (Wildman–Crippen LogP) is 2.14. The SMILES string of the molecule is Cc1ncc(C(=O)NC2CCCC2)c(=O)n1CC(=O)Nc1ccc(F)cc1F. The Morgan fingerprint density at radius 2 is 1.96 bits per heavy atom. The molecular formula is C19H20F2N4O3. The fourth-order valence-corrected chi connectivity index (χ4v) is 3.17. The highest BCUT2D eigenvalue weighted by Crippen LogP contribution is 2.18. The number of nitrogens with one attached hydrogen (secondary N) is 2. The van der Waals surface area contributed by atoms with Crippen molar-refractivity contribution in [3.63, 3.8) is 0 Å². The van der Waals surface area contributed by atoms with Gasteiger partial charge in [0, 0.05) is 18.3 Å². The van der Waals surface area contributed by atoms with Crippen molar-refractivity contribution in [3.8, 4) is 0 Å². The summed E-state index contributed by atoms with van der Waals surface area (Å²) in [6, 6.07) is 2.77. The van der Waals surface area contributed by atoms with Crippen LogP contribution in [-0.2, 0) is 11.3 Å². The van der Waals surface area contributed by atoms with Crippen molar-refractivity contribution in [2.75, 3.05) is 5.32 Å². The van der Waals surface area contributed by atoms with Crippen LogP contribution in [0.25, 0.3) is 0 Å². The molecule has 0 atom stereocenters. The third-order valence-corrected chi connectivity index (χ3v) is 4.69. The molecule has 0 aliphatic heterocycles. The van der Waals surface area contributed by atoms with Gasteiger partial charge in [-0.2, -0.15) is 0 Å². The number of nitrogens with zero attached hydrogens (tertiary/aromatic N) is 2. The van der Waals surface area contributed by atoms with E-state index in [1.165, 1.54) is 13.1 Å². The zero-order valence-electron chi connectivity index (χ0n) is 15.3. The van der Waals surface area contributed by atoms with Crippen LogP contribution >= 0.6 is 0 Å². The molecule has 9 heteroatoms. The summed E-state index contributed by atoms with van der Waals surface area (Å²) in [7, 11) is 0. The molecule has 1 aliphatic carbocycles. The zero-order chi connectivity index (χ0) is 20.3. The van der Waals surface area contributed by atoms with Gasteiger partial charge in [0.1, 0.15) is 29.6 Å². The molecule has 2 aromatic rings. The molecule has 0 unspecified atom stereocenters. The standard InChI is InChI=1S/C19H20F2N4O3/c1-11-22-9-14(18(27)23-13-4-2-3-5-13)19(28)25(11)10-17(26)24-16-7-6-12(20)8-15(16)21/h6-9,13H,2-5,10H2,1H3,(H,23,27)(H,24,26). The van der Waals surface area contributed by atoms with Crippen LogP contribution < -0.4 is 16.2 Å². The van der Waals surface area contributed by atoms with E-state index in [0.29, 0.717) is 6.07 Å². The van der Waals surface area contributed by atoms with Gasteiger partial charge < -0.3 is 10.6 Å². The molecule has 0 radical (unpaired) electrons. The highest BCUT2D eigenvalue weighted by Gasteiger charge is 2.22. The fourth-order valence-electron chi connectivity index (χ4n) is 3.17. The maximum Gasteiger partial charge on any atom is 0.266 e. The largest absolute Gasteiger partial charge is 0.349 e. The second-order valence-corrected chi connectivity index (χ2v) is 6.74. The Labute approximate surface area is 159 Å². The monoisotopic (exact) mass is 390 g/mol. The summed E-state index contributed by atoms with van der Waals surface area (Å²) in [5, 5.41) is 5.09. The molecule has 3 rings (SSSR count). The predicted molar refractivity (Wildman–Crippen MR) is 97.9 cm³/mol. The molecule has 0 saturated heterocycles. The molecule has 28 heavy (non-hydrogen) atoms. The molecule has 1 fully saturated rings. The number of anilines is 1. The van der Waals surface area contributed by atoms with E-state index >= 15 is 0 Å². The van der Waals surface area contributed by atoms with E-state index in [1.54, 1.807) is 0 Å². The maximum atomic E-state index is 13.7. The lowest BCUT2D eigenvalue weighted by molar-refractivity contribution is -0.116. The number of carbonyl (C=O) groups excluding carboxylic acids is 2. The minimum atomic E-state index is -0.930. The number of rotatable bonds is 5. The summed E-state index contributed by atoms with van der Waals surface area (Å²) < 4.78 is 27.7. The van der Waals surface area contributed by atoms with E-state index < -0.39 is 35.6 Å². The summed E-state index contributed by atoms with van der Waals surface area (Å²) in [6.45, 7) is 1.06. The summed E-state index contributed by atoms with van der Waals surface area (Å²) in [5.41, 5.74) is -1.02. The van der Waals surface area contributed by atoms with Crippen LogP contribution in [0.2, 0.25) is 0 Å². The molecule has 2 amide bonds. The minimum absolute atomic E-state index is 0.0337. The van der Waals surface area contributed by atoms with Crippen LogP contribution in [0.4, 0.5) is 14.5 Å². The van der Waals surface area contributed by atoms with Gasteiger partial charge in [-0.15, -0.1) is 0 Å². The number of aromatic nitrogens is 2. The molecule has 1 heterocycles. The van der Waals surface area contributed by atoms with Crippen LogP contribution in [0, 0.1) is 18.6 Å². The Balaban J connectivity index is 1.76. The number of benzene rings is 1. The second kappa shape index (κ2) is 8.28. The molecular weight excluding hydrogens is 370 g/mol. The second-order valence-electron chi connectivity index (χ2n) is 6.74. The molecule has 1 saturated carbocycles. The van der Waals surface area contributed by atoms with Crippen LogP contribution in [0.15, 0.2) is 29.2 Å². The van der Waals surface area contributed by atoms with E-state index in [9.17, 15) is 23.2 Å². The number of carbonyl (C=O) groups is 2. The van der Waals surface area contributed by atoms with Gasteiger partial charge in [0.2, 0.25) is 5.91 Å². The van der Waals surface area contributed by atoms with Crippen LogP contribution in [-0.4, -0.2) is 27.4 Å². The lowest BCUT2D eigenvalue weighted by Crippen LogP contribution is -2.39. The molecule has 1 aliphatic rings. The summed E-state index contributed by atoms with van der Waals surface area (Å²) >= 11 is 0. The van der Waals surface area contributed by atoms with E-state index in [1.807, 2.05) is 0 Å². The molecule has 1 aromatic carbocycles. The first-order valence-electron chi connectivity index (χ1n) is 8.97. The van der Waals surface area contributed by atoms with E-state index in [2.05, 4.69) is 15.6 Å². The number of hydrogen-bond acceptors (Lipinski definition) is 4. The van der Waals surface area contributed by atoms with Gasteiger partial charge >= 0.3 is 0 Å². The molecule has 0 bridgehead atoms. The molecule has 0 spiro atoms. The van der Waals surface area contributed by atoms with Gasteiger partial charge in [-0.1, -0.05) is 12.8 Å². The van der Waals surface area contributed by atoms with Gasteiger partial charge in [-0.05, 0) is 31.9 Å². The average Bonchev–Trinajstić information content (AvgIpc) is 3.14. The van der Waals surface area contributed by atoms with Crippen LogP contribution in [0.5, 0.6) is 0 Å². The summed E-state index contributed by atoms with van der Waals surface area (Å²) in [5.74, 6) is -2.70. The lowest BCUT2D eigenvalue weighted by Gasteiger charge is -2.14. The zero-order valence-corrected chi connectivity index (χ0v) is 15.3. The number of halogens is 2. The number of aryl methyl sites for hydroxylation is 1. The lowest BCUT2D eigenvalue weighted by atomic mass is 10.2. The Morgan fingerprint density at radius 3 is 2.64 bits per heavy atom. The molecule has 1 aromatic heterocycles. The van der Waals surface area contributed by atoms with Crippen molar-refractivity contribution in [3.05, 3.63) is 57.8 Å². The first-order chi connectivity index (χ1) is 13.3. The minimum Gasteiger partial charge on any atom is -0.349 e. The van der Waals surface area contributed by atoms with E-state index in [-0.39, 0.29) is 23.1 Å². The van der Waals surface area contributed by atoms with Crippen molar-refractivity contribution in [2.24, 2.45) is 0 Å². The third-order valence-electron chi connectivity index (χ3n) is 4.69. The molecule has 148 valence electrons. The third kappa shape index (κ3) is 4.41. The Kier molecular flexibility index (Phi) is 5.81. The van der Waals surface area contributed by atoms with Gasteiger partial charge in [-0.3, -0.25) is 19.0 Å². The number of amides is 2. The highest BCUT2D eigenvalue weighted by molar-refractivity contribution is 5.94. The maximum absolute atomic E-state index is 13.7. The smallest absolute Gasteiger partial charge is 0.266 e. The summed E-state index contributed by atoms with van der Waals surface area (Å²) in [6.07, 6.45) is 4.98. The van der Waals surface area contributed by atoms with E-state index in [0.717, 1.165) is 42.4 Å². The van der Waals surface area contributed by atoms with Gasteiger partial charge in [0.15, 0.2) is 0 Å². The molecule has 7 nitrogen and oxygen atoms in total. The van der Waals surface area contributed by atoms with Gasteiger partial charge in [-0.25, -0.2) is 13.8 Å². The van der Waals surface area contributed by atoms with Crippen molar-refractivity contribution in [1.82, 2.24) is 14.9 Å². The van der Waals surface area contributed by atoms with Gasteiger partial charge in [0.25, 0.3) is 11.5 Å². The summed E-state index contributed by atoms with van der Waals surface area (Å²) in [4.78, 5) is 41.3. The van der Waals surface area contributed by atoms with Gasteiger partial charge in [0.05, 0.1) is 5.69 Å². The topological polar surface area (TPSA) is 93.1 Å². The van der Waals surface area contributed by atoms with Crippen molar-refractivity contribution in [1.29, 1.82) is 0 Å². The Hall–Kier alpha value is -3.10.